The second-order valence-corrected chi connectivity index (χ2v) is 6.10. The minimum atomic E-state index is -0.0253. The summed E-state index contributed by atoms with van der Waals surface area (Å²) in [6.07, 6.45) is 2.63. The van der Waals surface area contributed by atoms with Crippen LogP contribution in [-0.2, 0) is 16.7 Å². The van der Waals surface area contributed by atoms with E-state index in [1.54, 1.807) is 0 Å². The maximum absolute atomic E-state index is 9.15. The number of aromatic nitrogens is 2. The lowest BCUT2D eigenvalue weighted by atomic mass is 9.91. The summed E-state index contributed by atoms with van der Waals surface area (Å²) in [5, 5.41) is 9.15. The van der Waals surface area contributed by atoms with Crippen LogP contribution in [0.2, 0.25) is 0 Å². The maximum Gasteiger partial charge on any atom is 0.111 e. The van der Waals surface area contributed by atoms with Crippen LogP contribution in [0.4, 0.5) is 0 Å². The van der Waals surface area contributed by atoms with Crippen LogP contribution in [0, 0.1) is 11.3 Å². The van der Waals surface area contributed by atoms with E-state index >= 15 is 0 Å². The third-order valence-corrected chi connectivity index (χ3v) is 4.47. The molecule has 1 aromatic carbocycles. The Morgan fingerprint density at radius 3 is 2.86 bits per heavy atom. The van der Waals surface area contributed by atoms with Crippen molar-refractivity contribution in [3.8, 4) is 6.07 Å². The van der Waals surface area contributed by atoms with Crippen LogP contribution in [0.5, 0.6) is 0 Å². The number of nitrogens with zero attached hydrogens (tertiary/aromatic N) is 3. The van der Waals surface area contributed by atoms with E-state index < -0.39 is 0 Å². The third-order valence-electron chi connectivity index (χ3n) is 4.28. The van der Waals surface area contributed by atoms with Crippen molar-refractivity contribution >= 4 is 22.6 Å². The van der Waals surface area contributed by atoms with Gasteiger partial charge in [0.1, 0.15) is 5.82 Å². The molecule has 5 heteroatoms. The predicted molar refractivity (Wildman–Crippen MR) is 82.6 cm³/mol. The summed E-state index contributed by atoms with van der Waals surface area (Å²) in [5.74, 6) is 1.54. The topological polar surface area (TPSA) is 50.8 Å². The molecule has 1 aliphatic heterocycles. The lowest BCUT2D eigenvalue weighted by molar-refractivity contribution is 0.0301. The third kappa shape index (κ3) is 2.52. The molecule has 0 unspecified atom stereocenters. The molecule has 0 amide bonds. The second-order valence-electron chi connectivity index (χ2n) is 5.73. The van der Waals surface area contributed by atoms with Crippen molar-refractivity contribution in [2.24, 2.45) is 0 Å². The highest BCUT2D eigenvalue weighted by Crippen LogP contribution is 2.34. The molecular weight excluding hydrogens is 286 g/mol. The number of alkyl halides is 1. The summed E-state index contributed by atoms with van der Waals surface area (Å²) < 4.78 is 7.79. The Balaban J connectivity index is 2.21. The number of benzene rings is 1. The number of aryl methyl sites for hydroxylation is 1. The van der Waals surface area contributed by atoms with E-state index in [9.17, 15) is 0 Å². The molecule has 2 aromatic rings. The summed E-state index contributed by atoms with van der Waals surface area (Å²) in [6, 6.07) is 7.88. The van der Waals surface area contributed by atoms with Crippen LogP contribution >= 0.6 is 11.6 Å². The number of rotatable bonds is 3. The van der Waals surface area contributed by atoms with Crippen LogP contribution in [0.3, 0.4) is 0 Å². The molecule has 3 rings (SSSR count). The van der Waals surface area contributed by atoms with Crippen LogP contribution in [-0.4, -0.2) is 28.6 Å². The molecule has 0 aliphatic carbocycles. The number of imidazole rings is 1. The first kappa shape index (κ1) is 14.4. The minimum Gasteiger partial charge on any atom is -0.381 e. The van der Waals surface area contributed by atoms with Gasteiger partial charge in [0.25, 0.3) is 0 Å². The van der Waals surface area contributed by atoms with Gasteiger partial charge in [-0.3, -0.25) is 0 Å². The Labute approximate surface area is 129 Å². The minimum absolute atomic E-state index is 0.0253. The molecule has 1 aromatic heterocycles. The summed E-state index contributed by atoms with van der Waals surface area (Å²) in [4.78, 5) is 4.73. The normalized spacial score (nSPS) is 17.8. The monoisotopic (exact) mass is 303 g/mol. The van der Waals surface area contributed by atoms with Crippen molar-refractivity contribution in [2.45, 2.75) is 31.7 Å². The first-order chi connectivity index (χ1) is 10.2. The van der Waals surface area contributed by atoms with Gasteiger partial charge in [0, 0.05) is 31.1 Å². The first-order valence-corrected chi connectivity index (χ1v) is 7.77. The molecule has 1 aliphatic rings. The highest BCUT2D eigenvalue weighted by molar-refractivity contribution is 6.17. The SMILES string of the molecule is CC1(n2c(CCCl)nc3ccc(C#N)cc32)CCOCC1. The summed E-state index contributed by atoms with van der Waals surface area (Å²) in [5.41, 5.74) is 2.60. The summed E-state index contributed by atoms with van der Waals surface area (Å²) in [6.45, 7) is 3.76. The Hall–Kier alpha value is -1.57. The Bertz CT molecular complexity index is 695. The zero-order valence-electron chi connectivity index (χ0n) is 12.1. The van der Waals surface area contributed by atoms with Gasteiger partial charge < -0.3 is 9.30 Å². The van der Waals surface area contributed by atoms with E-state index in [4.69, 9.17) is 26.6 Å². The van der Waals surface area contributed by atoms with Crippen molar-refractivity contribution in [1.29, 1.82) is 5.26 Å². The van der Waals surface area contributed by atoms with E-state index in [1.165, 1.54) is 0 Å². The lowest BCUT2D eigenvalue weighted by Crippen LogP contribution is -2.37. The highest BCUT2D eigenvalue weighted by atomic mass is 35.5. The number of hydrogen-bond acceptors (Lipinski definition) is 3. The Kier molecular flexibility index (Phi) is 3.88. The molecule has 0 atom stereocenters. The molecule has 1 saturated heterocycles. The molecular formula is C16H18ClN3O. The van der Waals surface area contributed by atoms with E-state index in [-0.39, 0.29) is 5.54 Å². The van der Waals surface area contributed by atoms with Crippen molar-refractivity contribution in [3.63, 3.8) is 0 Å². The van der Waals surface area contributed by atoms with E-state index in [1.807, 2.05) is 18.2 Å². The molecule has 0 radical (unpaired) electrons. The fourth-order valence-corrected chi connectivity index (χ4v) is 3.25. The number of fused-ring (bicyclic) bond motifs is 1. The van der Waals surface area contributed by atoms with Crippen molar-refractivity contribution in [3.05, 3.63) is 29.6 Å². The van der Waals surface area contributed by atoms with E-state index in [0.717, 1.165) is 49.3 Å². The fraction of sp³-hybridized carbons (Fsp3) is 0.500. The molecule has 0 saturated carbocycles. The second kappa shape index (κ2) is 5.67. The zero-order valence-corrected chi connectivity index (χ0v) is 12.9. The molecule has 2 heterocycles. The zero-order chi connectivity index (χ0) is 14.9. The summed E-state index contributed by atoms with van der Waals surface area (Å²) >= 11 is 5.95. The fourth-order valence-electron chi connectivity index (χ4n) is 3.08. The molecule has 0 N–H and O–H groups in total. The number of ether oxygens (including phenoxy) is 1. The smallest absolute Gasteiger partial charge is 0.111 e. The van der Waals surface area contributed by atoms with Crippen LogP contribution in [0.25, 0.3) is 11.0 Å². The van der Waals surface area contributed by atoms with Gasteiger partial charge >= 0.3 is 0 Å². The van der Waals surface area contributed by atoms with Crippen LogP contribution in [0.1, 0.15) is 31.2 Å². The lowest BCUT2D eigenvalue weighted by Gasteiger charge is -2.36. The molecule has 21 heavy (non-hydrogen) atoms. The quantitative estimate of drug-likeness (QED) is 0.818. The van der Waals surface area contributed by atoms with Gasteiger partial charge in [-0.15, -0.1) is 11.6 Å². The van der Waals surface area contributed by atoms with Gasteiger partial charge in [0.05, 0.1) is 22.7 Å². The molecule has 110 valence electrons. The molecule has 0 spiro atoms. The Morgan fingerprint density at radius 2 is 2.19 bits per heavy atom. The largest absolute Gasteiger partial charge is 0.381 e. The van der Waals surface area contributed by atoms with Gasteiger partial charge in [0.15, 0.2) is 0 Å². The van der Waals surface area contributed by atoms with Crippen LogP contribution < -0.4 is 0 Å². The first-order valence-electron chi connectivity index (χ1n) is 7.23. The molecule has 4 nitrogen and oxygen atoms in total. The van der Waals surface area contributed by atoms with Gasteiger partial charge in [-0.25, -0.2) is 4.98 Å². The summed E-state index contributed by atoms with van der Waals surface area (Å²) in [7, 11) is 0. The molecule has 1 fully saturated rings. The van der Waals surface area contributed by atoms with E-state index in [0.29, 0.717) is 11.4 Å². The van der Waals surface area contributed by atoms with Gasteiger partial charge in [-0.1, -0.05) is 0 Å². The predicted octanol–water partition coefficient (Wildman–Crippen LogP) is 3.21. The number of nitriles is 1. The molecule has 0 bridgehead atoms. The number of halogens is 1. The van der Waals surface area contributed by atoms with Gasteiger partial charge in [-0.05, 0) is 38.0 Å². The van der Waals surface area contributed by atoms with Crippen molar-refractivity contribution in [2.75, 3.05) is 19.1 Å². The number of hydrogen-bond donors (Lipinski definition) is 0. The van der Waals surface area contributed by atoms with Crippen molar-refractivity contribution < 1.29 is 4.74 Å². The van der Waals surface area contributed by atoms with E-state index in [2.05, 4.69) is 17.6 Å². The van der Waals surface area contributed by atoms with Gasteiger partial charge in [-0.2, -0.15) is 5.26 Å². The average Bonchev–Trinajstić information content (AvgIpc) is 2.86. The van der Waals surface area contributed by atoms with Crippen LogP contribution in [0.15, 0.2) is 18.2 Å². The standard InChI is InChI=1S/C16H18ClN3O/c1-16(5-8-21-9-6-16)20-14-10-12(11-18)2-3-13(14)19-15(20)4-7-17/h2-3,10H,4-9H2,1H3. The Morgan fingerprint density at radius 1 is 1.43 bits per heavy atom. The van der Waals surface area contributed by atoms with Crippen molar-refractivity contribution in [1.82, 2.24) is 9.55 Å². The maximum atomic E-state index is 9.15. The highest BCUT2D eigenvalue weighted by Gasteiger charge is 2.32. The average molecular weight is 304 g/mol. The van der Waals surface area contributed by atoms with Gasteiger partial charge in [0.2, 0.25) is 0 Å².